The van der Waals surface area contributed by atoms with Crippen LogP contribution in [0.2, 0.25) is 0 Å². The summed E-state index contributed by atoms with van der Waals surface area (Å²) in [6.07, 6.45) is 12.1. The van der Waals surface area contributed by atoms with E-state index in [4.69, 9.17) is 9.84 Å². The molecule has 0 aliphatic heterocycles. The summed E-state index contributed by atoms with van der Waals surface area (Å²) in [6.45, 7) is 13.2. The van der Waals surface area contributed by atoms with Gasteiger partial charge in [-0.1, -0.05) is 51.0 Å². The first-order valence-corrected chi connectivity index (χ1v) is 13.9. The molecule has 0 aromatic heterocycles. The third-order valence-electron chi connectivity index (χ3n) is 9.17. The highest BCUT2D eigenvalue weighted by atomic mass is 16.5. The fourth-order valence-electron chi connectivity index (χ4n) is 7.21. The van der Waals surface area contributed by atoms with Crippen LogP contribution in [0.3, 0.4) is 0 Å². The van der Waals surface area contributed by atoms with Crippen LogP contribution in [0.25, 0.3) is 0 Å². The van der Waals surface area contributed by atoms with Crippen molar-refractivity contribution in [1.82, 2.24) is 0 Å². The zero-order valence-electron chi connectivity index (χ0n) is 22.5. The van der Waals surface area contributed by atoms with Crippen molar-refractivity contribution < 1.29 is 25.2 Å². The molecule has 0 bridgehead atoms. The first-order chi connectivity index (χ1) is 16.5. The summed E-state index contributed by atoms with van der Waals surface area (Å²) < 4.78 is 5.63. The van der Waals surface area contributed by atoms with Crippen molar-refractivity contribution in [2.45, 2.75) is 116 Å². The van der Waals surface area contributed by atoms with Gasteiger partial charge in [-0.25, -0.2) is 0 Å². The van der Waals surface area contributed by atoms with Crippen LogP contribution in [0.5, 0.6) is 0 Å². The maximum Gasteiger partial charge on any atom is 0.114 e. The predicted molar refractivity (Wildman–Crippen MR) is 141 cm³/mol. The molecular weight excluding hydrogens is 440 g/mol. The molecule has 3 aliphatic carbocycles. The van der Waals surface area contributed by atoms with E-state index in [2.05, 4.69) is 32.6 Å². The molecule has 0 unspecified atom stereocenters. The quantitative estimate of drug-likeness (QED) is 0.321. The summed E-state index contributed by atoms with van der Waals surface area (Å²) in [7, 11) is 0. The van der Waals surface area contributed by atoms with E-state index in [0.29, 0.717) is 42.3 Å². The van der Waals surface area contributed by atoms with Gasteiger partial charge < -0.3 is 25.2 Å². The largest absolute Gasteiger partial charge is 0.396 e. The number of aliphatic hydroxyl groups is 4. The van der Waals surface area contributed by atoms with Crippen LogP contribution in [0.4, 0.5) is 0 Å². The molecule has 35 heavy (non-hydrogen) atoms. The van der Waals surface area contributed by atoms with Crippen molar-refractivity contribution in [3.8, 4) is 0 Å². The average molecular weight is 491 g/mol. The maximum atomic E-state index is 10.7. The number of rotatable bonds is 10. The van der Waals surface area contributed by atoms with E-state index in [9.17, 15) is 15.3 Å². The Kier molecular flexibility index (Phi) is 9.84. The third-order valence-corrected chi connectivity index (χ3v) is 9.17. The van der Waals surface area contributed by atoms with Gasteiger partial charge in [0.15, 0.2) is 0 Å². The molecule has 3 rings (SSSR count). The Morgan fingerprint density at radius 1 is 1.20 bits per heavy atom. The lowest BCUT2D eigenvalue weighted by Gasteiger charge is -2.44. The van der Waals surface area contributed by atoms with Crippen LogP contribution in [0.15, 0.2) is 35.5 Å². The second kappa shape index (κ2) is 12.0. The first kappa shape index (κ1) is 28.6. The smallest absolute Gasteiger partial charge is 0.114 e. The molecule has 0 spiro atoms. The zero-order chi connectivity index (χ0) is 25.8. The van der Waals surface area contributed by atoms with Gasteiger partial charge in [-0.3, -0.25) is 0 Å². The van der Waals surface area contributed by atoms with Crippen molar-refractivity contribution in [3.63, 3.8) is 0 Å². The van der Waals surface area contributed by atoms with Crippen LogP contribution in [-0.2, 0) is 4.74 Å². The molecule has 3 aliphatic rings. The van der Waals surface area contributed by atoms with Gasteiger partial charge in [0.2, 0.25) is 0 Å². The SMILES string of the molecule is C=C1/C(=C/C=C2CCC[C@]3(C)[C@@H]([C@H](C)CCCC(C)(C)O)CC[C@@H]23)C[C@@H](O)[C@@H](OCCCO)[C@@H]1O. The fourth-order valence-corrected chi connectivity index (χ4v) is 7.21. The monoisotopic (exact) mass is 490 g/mol. The van der Waals surface area contributed by atoms with Crippen molar-refractivity contribution in [3.05, 3.63) is 35.5 Å². The lowest BCUT2D eigenvalue weighted by molar-refractivity contribution is -0.0968. The fraction of sp³-hybridized carbons (Fsp3) is 0.800. The van der Waals surface area contributed by atoms with Crippen LogP contribution >= 0.6 is 0 Å². The minimum absolute atomic E-state index is 0.0269. The van der Waals surface area contributed by atoms with E-state index in [0.717, 1.165) is 30.8 Å². The molecule has 0 saturated heterocycles. The molecule has 7 atom stereocenters. The molecule has 0 heterocycles. The van der Waals surface area contributed by atoms with Crippen LogP contribution < -0.4 is 0 Å². The zero-order valence-corrected chi connectivity index (χ0v) is 22.5. The highest BCUT2D eigenvalue weighted by Crippen LogP contribution is 2.60. The molecule has 0 amide bonds. The molecule has 5 heteroatoms. The van der Waals surface area contributed by atoms with Gasteiger partial charge in [-0.2, -0.15) is 0 Å². The number of allylic oxidation sites excluding steroid dienone is 3. The highest BCUT2D eigenvalue weighted by molar-refractivity contribution is 5.40. The van der Waals surface area contributed by atoms with Gasteiger partial charge in [0, 0.05) is 19.6 Å². The standard InChI is InChI=1S/C30H50O5/c1-20(9-6-15-29(3,4)34)24-13-14-25-22(10-7-16-30(24,25)5)11-12-23-19-26(32)28(27(33)21(23)2)35-18-8-17-31/h11-12,20,24-28,31-34H,2,6-10,13-19H2,1,3-5H3/b22-11?,23-12+/t20-,24-,25+,26-,27-,28-,30-/m1/s1. The van der Waals surface area contributed by atoms with Crippen LogP contribution in [0.1, 0.15) is 91.9 Å². The predicted octanol–water partition coefficient (Wildman–Crippen LogP) is 5.08. The summed E-state index contributed by atoms with van der Waals surface area (Å²) >= 11 is 0. The first-order valence-electron chi connectivity index (χ1n) is 13.9. The Morgan fingerprint density at radius 2 is 1.94 bits per heavy atom. The minimum atomic E-state index is -0.931. The number of aliphatic hydroxyl groups excluding tert-OH is 3. The summed E-state index contributed by atoms with van der Waals surface area (Å²) in [5.41, 5.74) is 2.79. The third kappa shape index (κ3) is 6.87. The van der Waals surface area contributed by atoms with E-state index in [1.807, 2.05) is 13.8 Å². The second-order valence-corrected chi connectivity index (χ2v) is 12.4. The molecule has 0 radical (unpaired) electrons. The lowest BCUT2D eigenvalue weighted by Crippen LogP contribution is -2.45. The minimum Gasteiger partial charge on any atom is -0.396 e. The van der Waals surface area contributed by atoms with E-state index >= 15 is 0 Å². The summed E-state index contributed by atoms with van der Waals surface area (Å²) in [5, 5.41) is 40.4. The Hall–Kier alpha value is -0.980. The van der Waals surface area contributed by atoms with E-state index in [-0.39, 0.29) is 6.61 Å². The number of ether oxygens (including phenoxy) is 1. The molecule has 200 valence electrons. The molecule has 3 saturated carbocycles. The molecule has 4 N–H and O–H groups in total. The molecular formula is C30H50O5. The maximum absolute atomic E-state index is 10.7. The number of hydrogen-bond acceptors (Lipinski definition) is 5. The Labute approximate surface area is 213 Å². The van der Waals surface area contributed by atoms with Gasteiger partial charge in [0.05, 0.1) is 11.7 Å². The van der Waals surface area contributed by atoms with Crippen molar-refractivity contribution in [2.24, 2.45) is 23.2 Å². The summed E-state index contributed by atoms with van der Waals surface area (Å²) in [5.74, 6) is 1.98. The van der Waals surface area contributed by atoms with E-state index < -0.39 is 23.9 Å². The topological polar surface area (TPSA) is 90.2 Å². The summed E-state index contributed by atoms with van der Waals surface area (Å²) in [4.78, 5) is 0. The summed E-state index contributed by atoms with van der Waals surface area (Å²) in [6, 6.07) is 0. The van der Waals surface area contributed by atoms with Crippen molar-refractivity contribution in [1.29, 1.82) is 0 Å². The van der Waals surface area contributed by atoms with Crippen molar-refractivity contribution in [2.75, 3.05) is 13.2 Å². The van der Waals surface area contributed by atoms with Gasteiger partial charge in [0.1, 0.15) is 12.2 Å². The van der Waals surface area contributed by atoms with Gasteiger partial charge in [-0.05, 0) is 93.1 Å². The number of fused-ring (bicyclic) bond motifs is 1. The van der Waals surface area contributed by atoms with E-state index in [1.165, 1.54) is 37.7 Å². The molecule has 3 fully saturated rings. The Morgan fingerprint density at radius 3 is 2.63 bits per heavy atom. The van der Waals surface area contributed by atoms with Gasteiger partial charge >= 0.3 is 0 Å². The molecule has 0 aromatic carbocycles. The normalized spacial score (nSPS) is 37.1. The van der Waals surface area contributed by atoms with Crippen LogP contribution in [0, 0.1) is 23.2 Å². The highest BCUT2D eigenvalue weighted by Gasteiger charge is 2.50. The molecule has 0 aromatic rings. The Balaban J connectivity index is 1.67. The second-order valence-electron chi connectivity index (χ2n) is 12.4. The van der Waals surface area contributed by atoms with Gasteiger partial charge in [-0.15, -0.1) is 0 Å². The Bertz CT molecular complexity index is 778. The van der Waals surface area contributed by atoms with Crippen LogP contribution in [-0.4, -0.2) is 57.6 Å². The molecule has 5 nitrogen and oxygen atoms in total. The van der Waals surface area contributed by atoms with Crippen molar-refractivity contribution >= 4 is 0 Å². The average Bonchev–Trinajstić information content (AvgIpc) is 3.14. The lowest BCUT2D eigenvalue weighted by atomic mass is 9.60. The van der Waals surface area contributed by atoms with E-state index in [1.54, 1.807) is 0 Å². The number of hydrogen-bond donors (Lipinski definition) is 4. The van der Waals surface area contributed by atoms with Gasteiger partial charge in [0.25, 0.3) is 0 Å².